The van der Waals surface area contributed by atoms with Gasteiger partial charge in [-0.15, -0.1) is 0 Å². The fourth-order valence-electron chi connectivity index (χ4n) is 2.49. The van der Waals surface area contributed by atoms with Crippen molar-refractivity contribution in [2.45, 2.75) is 46.0 Å². The molecule has 0 unspecified atom stereocenters. The molecule has 0 atom stereocenters. The number of amides is 1. The monoisotopic (exact) mass is 276 g/mol. The predicted octanol–water partition coefficient (Wildman–Crippen LogP) is 2.19. The average Bonchev–Trinajstić information content (AvgIpc) is 2.84. The first-order chi connectivity index (χ1) is 9.59. The van der Waals surface area contributed by atoms with Crippen LogP contribution in [0.25, 0.3) is 0 Å². The number of carbonyl (C=O) groups is 1. The Kier molecular flexibility index (Phi) is 6.23. The van der Waals surface area contributed by atoms with Crippen molar-refractivity contribution in [3.8, 4) is 6.07 Å². The third-order valence-electron chi connectivity index (χ3n) is 3.59. The number of nitrogens with zero attached hydrogens (tertiary/aromatic N) is 3. The van der Waals surface area contributed by atoms with E-state index >= 15 is 0 Å². The van der Waals surface area contributed by atoms with Gasteiger partial charge in [0.2, 0.25) is 5.91 Å². The van der Waals surface area contributed by atoms with Crippen LogP contribution in [0.1, 0.15) is 45.2 Å². The summed E-state index contributed by atoms with van der Waals surface area (Å²) in [6.45, 7) is 4.55. The van der Waals surface area contributed by atoms with E-state index in [0.717, 1.165) is 25.0 Å². The Labute approximate surface area is 121 Å². The quantitative estimate of drug-likeness (QED) is 0.791. The van der Waals surface area contributed by atoms with Crippen LogP contribution in [0, 0.1) is 16.7 Å². The van der Waals surface area contributed by atoms with E-state index in [2.05, 4.69) is 16.5 Å². The summed E-state index contributed by atoms with van der Waals surface area (Å²) in [5.41, 5.74) is 0.203. The lowest BCUT2D eigenvalue weighted by molar-refractivity contribution is -0.128. The number of aromatic nitrogens is 2. The SMILES string of the molecule is CCCC(C#N)(CCC)C(=O)NCCc1ccnn1C. The van der Waals surface area contributed by atoms with Crippen molar-refractivity contribution in [3.63, 3.8) is 0 Å². The van der Waals surface area contributed by atoms with E-state index in [1.165, 1.54) is 0 Å². The normalized spacial score (nSPS) is 11.1. The van der Waals surface area contributed by atoms with Crippen molar-refractivity contribution < 1.29 is 4.79 Å². The minimum absolute atomic E-state index is 0.133. The van der Waals surface area contributed by atoms with Gasteiger partial charge in [0.25, 0.3) is 0 Å². The van der Waals surface area contributed by atoms with Crippen molar-refractivity contribution in [1.82, 2.24) is 15.1 Å². The molecule has 1 aromatic heterocycles. The largest absolute Gasteiger partial charge is 0.354 e. The Morgan fingerprint density at radius 3 is 2.55 bits per heavy atom. The van der Waals surface area contributed by atoms with Gasteiger partial charge >= 0.3 is 0 Å². The highest BCUT2D eigenvalue weighted by Gasteiger charge is 2.36. The molecule has 20 heavy (non-hydrogen) atoms. The minimum atomic E-state index is -0.865. The molecule has 1 heterocycles. The van der Waals surface area contributed by atoms with Crippen molar-refractivity contribution in [2.75, 3.05) is 6.54 Å². The molecule has 0 aliphatic carbocycles. The Morgan fingerprint density at radius 1 is 1.45 bits per heavy atom. The number of carbonyl (C=O) groups excluding carboxylic acids is 1. The van der Waals surface area contributed by atoms with Gasteiger partial charge in [0.15, 0.2) is 0 Å². The van der Waals surface area contributed by atoms with Gasteiger partial charge in [-0.3, -0.25) is 9.48 Å². The summed E-state index contributed by atoms with van der Waals surface area (Å²) in [7, 11) is 1.88. The Hall–Kier alpha value is -1.83. The predicted molar refractivity (Wildman–Crippen MR) is 77.8 cm³/mol. The van der Waals surface area contributed by atoms with Crippen LogP contribution in [-0.2, 0) is 18.3 Å². The molecule has 1 N–H and O–H groups in total. The lowest BCUT2D eigenvalue weighted by Crippen LogP contribution is -2.41. The number of hydrogen-bond donors (Lipinski definition) is 1. The highest BCUT2D eigenvalue weighted by molar-refractivity contribution is 5.85. The number of nitriles is 1. The fourth-order valence-corrected chi connectivity index (χ4v) is 2.49. The molecule has 1 amide bonds. The van der Waals surface area contributed by atoms with Crippen LogP contribution < -0.4 is 5.32 Å². The summed E-state index contributed by atoms with van der Waals surface area (Å²) in [6.07, 6.45) is 5.38. The maximum absolute atomic E-state index is 12.3. The molecule has 0 saturated carbocycles. The van der Waals surface area contributed by atoms with Gasteiger partial charge in [0, 0.05) is 31.9 Å². The van der Waals surface area contributed by atoms with Crippen molar-refractivity contribution in [1.29, 1.82) is 5.26 Å². The molecule has 1 aromatic rings. The van der Waals surface area contributed by atoms with Crippen LogP contribution in [0.5, 0.6) is 0 Å². The van der Waals surface area contributed by atoms with Crippen LogP contribution in [0.3, 0.4) is 0 Å². The molecule has 0 fully saturated rings. The lowest BCUT2D eigenvalue weighted by Gasteiger charge is -2.24. The summed E-state index contributed by atoms with van der Waals surface area (Å²) in [6, 6.07) is 4.17. The van der Waals surface area contributed by atoms with E-state index in [0.29, 0.717) is 19.4 Å². The van der Waals surface area contributed by atoms with Gasteiger partial charge in [-0.05, 0) is 18.9 Å². The molecule has 1 rings (SSSR count). The van der Waals surface area contributed by atoms with Gasteiger partial charge in [-0.25, -0.2) is 0 Å². The third-order valence-corrected chi connectivity index (χ3v) is 3.59. The molecule has 0 radical (unpaired) electrons. The van der Waals surface area contributed by atoms with Gasteiger partial charge in [0.05, 0.1) is 6.07 Å². The second-order valence-corrected chi connectivity index (χ2v) is 5.15. The van der Waals surface area contributed by atoms with Gasteiger partial charge in [-0.2, -0.15) is 10.4 Å². The van der Waals surface area contributed by atoms with Crippen molar-refractivity contribution >= 4 is 5.91 Å². The molecule has 0 aromatic carbocycles. The smallest absolute Gasteiger partial charge is 0.240 e. The molecule has 0 bridgehead atoms. The molecule has 0 aliphatic heterocycles. The second-order valence-electron chi connectivity index (χ2n) is 5.15. The summed E-state index contributed by atoms with van der Waals surface area (Å²) in [4.78, 5) is 12.3. The zero-order valence-electron chi connectivity index (χ0n) is 12.6. The molecule has 5 heteroatoms. The molecule has 0 spiro atoms. The molecule has 0 aliphatic rings. The van der Waals surface area contributed by atoms with Crippen molar-refractivity contribution in [2.24, 2.45) is 12.5 Å². The van der Waals surface area contributed by atoms with Crippen molar-refractivity contribution in [3.05, 3.63) is 18.0 Å². The first-order valence-electron chi connectivity index (χ1n) is 7.26. The number of nitrogens with one attached hydrogen (secondary N) is 1. The first kappa shape index (κ1) is 16.2. The number of aryl methyl sites for hydroxylation is 1. The van der Waals surface area contributed by atoms with Gasteiger partial charge < -0.3 is 5.32 Å². The summed E-state index contributed by atoms with van der Waals surface area (Å²) >= 11 is 0. The third kappa shape index (κ3) is 3.83. The van der Waals surface area contributed by atoms with E-state index in [-0.39, 0.29) is 5.91 Å². The second kappa shape index (κ2) is 7.68. The van der Waals surface area contributed by atoms with E-state index in [1.54, 1.807) is 10.9 Å². The van der Waals surface area contributed by atoms with Gasteiger partial charge in [0.1, 0.15) is 5.41 Å². The molecular formula is C15H24N4O. The average molecular weight is 276 g/mol. The minimum Gasteiger partial charge on any atom is -0.354 e. The van der Waals surface area contributed by atoms with Crippen LogP contribution in [0.15, 0.2) is 12.3 Å². The Morgan fingerprint density at radius 2 is 2.10 bits per heavy atom. The fraction of sp³-hybridized carbons (Fsp3) is 0.667. The van der Waals surface area contributed by atoms with Crippen LogP contribution in [0.2, 0.25) is 0 Å². The van der Waals surface area contributed by atoms with E-state index in [4.69, 9.17) is 0 Å². The first-order valence-corrected chi connectivity index (χ1v) is 7.26. The number of hydrogen-bond acceptors (Lipinski definition) is 3. The summed E-state index contributed by atoms with van der Waals surface area (Å²) < 4.78 is 1.79. The highest BCUT2D eigenvalue weighted by Crippen LogP contribution is 2.29. The highest BCUT2D eigenvalue weighted by atomic mass is 16.2. The standard InChI is InChI=1S/C15H24N4O/c1-4-8-15(12-16,9-5-2)14(20)17-10-6-13-7-11-18-19(13)3/h7,11H,4-6,8-10H2,1-3H3,(H,17,20). The van der Waals surface area contributed by atoms with Gasteiger partial charge in [-0.1, -0.05) is 26.7 Å². The summed E-state index contributed by atoms with van der Waals surface area (Å²) in [5, 5.41) is 16.4. The molecule has 5 nitrogen and oxygen atoms in total. The van der Waals surface area contributed by atoms with E-state index < -0.39 is 5.41 Å². The molecular weight excluding hydrogens is 252 g/mol. The van der Waals surface area contributed by atoms with E-state index in [9.17, 15) is 10.1 Å². The van der Waals surface area contributed by atoms with Crippen LogP contribution >= 0.6 is 0 Å². The topological polar surface area (TPSA) is 70.7 Å². The van der Waals surface area contributed by atoms with Crippen LogP contribution in [0.4, 0.5) is 0 Å². The summed E-state index contributed by atoms with van der Waals surface area (Å²) in [5.74, 6) is -0.133. The molecule has 110 valence electrons. The molecule has 0 saturated heterocycles. The zero-order chi connectivity index (χ0) is 15.0. The Balaban J connectivity index is 2.58. The lowest BCUT2D eigenvalue weighted by atomic mass is 9.80. The Bertz CT molecular complexity index is 466. The van der Waals surface area contributed by atoms with Crippen LogP contribution in [-0.4, -0.2) is 22.2 Å². The number of rotatable bonds is 8. The maximum Gasteiger partial charge on any atom is 0.240 e. The maximum atomic E-state index is 12.3. The zero-order valence-corrected chi connectivity index (χ0v) is 12.6. The van der Waals surface area contributed by atoms with E-state index in [1.807, 2.05) is 27.0 Å².